The van der Waals surface area contributed by atoms with Crippen LogP contribution < -0.4 is 10.1 Å². The average Bonchev–Trinajstić information content (AvgIpc) is 2.91. The first kappa shape index (κ1) is 15.2. The first-order chi connectivity index (χ1) is 9.75. The number of hydrogen-bond acceptors (Lipinski definition) is 4. The third kappa shape index (κ3) is 3.11. The van der Waals surface area contributed by atoms with Gasteiger partial charge in [0.25, 0.3) is 0 Å². The number of benzene rings is 1. The molecule has 2 atom stereocenters. The molecule has 0 radical (unpaired) electrons. The molecule has 2 unspecified atom stereocenters. The monoisotopic (exact) mass is 290 g/mol. The Morgan fingerprint density at radius 1 is 1.50 bits per heavy atom. The van der Waals surface area contributed by atoms with Crippen molar-refractivity contribution in [2.75, 3.05) is 19.9 Å². The smallest absolute Gasteiger partial charge is 0.132 e. The lowest BCUT2D eigenvalue weighted by molar-refractivity contribution is 0.332. The molecule has 1 saturated carbocycles. The van der Waals surface area contributed by atoms with Crippen LogP contribution in [0.25, 0.3) is 0 Å². The number of nitrogens with zero attached hydrogens (tertiary/aromatic N) is 1. The predicted molar refractivity (Wildman–Crippen MR) is 83.1 cm³/mol. The quantitative estimate of drug-likeness (QED) is 0.815. The minimum absolute atomic E-state index is 0.304. The molecule has 0 amide bonds. The van der Waals surface area contributed by atoms with E-state index < -0.39 is 0 Å². The molecular weight excluding hydrogens is 268 g/mol. The van der Waals surface area contributed by atoms with Gasteiger partial charge in [-0.2, -0.15) is 5.26 Å². The number of nitriles is 1. The molecule has 0 heterocycles. The molecule has 0 aliphatic heterocycles. The summed E-state index contributed by atoms with van der Waals surface area (Å²) in [5.74, 6) is 2.42. The summed E-state index contributed by atoms with van der Waals surface area (Å²) in [6.07, 6.45) is 4.35. The highest BCUT2D eigenvalue weighted by Gasteiger charge is 2.41. The molecule has 2 rings (SSSR count). The van der Waals surface area contributed by atoms with E-state index in [1.54, 1.807) is 7.11 Å². The first-order valence-corrected chi connectivity index (χ1v) is 8.10. The van der Waals surface area contributed by atoms with Crippen molar-refractivity contribution in [3.8, 4) is 11.8 Å². The van der Waals surface area contributed by atoms with Crippen molar-refractivity contribution in [3.63, 3.8) is 0 Å². The molecule has 4 heteroatoms. The minimum Gasteiger partial charge on any atom is -0.496 e. The van der Waals surface area contributed by atoms with E-state index in [0.29, 0.717) is 5.92 Å². The van der Waals surface area contributed by atoms with Crippen LogP contribution in [0.5, 0.6) is 5.75 Å². The van der Waals surface area contributed by atoms with Gasteiger partial charge in [-0.05, 0) is 50.1 Å². The Hall–Kier alpha value is -1.18. The lowest BCUT2D eigenvalue weighted by atomic mass is 9.87. The highest BCUT2D eigenvalue weighted by molar-refractivity contribution is 7.99. The Morgan fingerprint density at radius 2 is 2.30 bits per heavy atom. The molecule has 108 valence electrons. The number of methoxy groups -OCH3 is 1. The van der Waals surface area contributed by atoms with Gasteiger partial charge >= 0.3 is 0 Å². The second kappa shape index (κ2) is 7.01. The fourth-order valence-electron chi connectivity index (χ4n) is 3.05. The summed E-state index contributed by atoms with van der Waals surface area (Å²) >= 11 is 1.82. The molecule has 1 aromatic rings. The number of hydrogen-bond donors (Lipinski definition) is 1. The second-order valence-electron chi connectivity index (χ2n) is 5.21. The van der Waals surface area contributed by atoms with Crippen LogP contribution in [0, 0.1) is 17.2 Å². The van der Waals surface area contributed by atoms with Crippen LogP contribution in [-0.4, -0.2) is 25.4 Å². The van der Waals surface area contributed by atoms with Gasteiger partial charge in [-0.25, -0.2) is 0 Å². The van der Waals surface area contributed by atoms with Crippen molar-refractivity contribution in [2.24, 2.45) is 5.92 Å². The van der Waals surface area contributed by atoms with E-state index in [1.807, 2.05) is 37.0 Å². The fourth-order valence-corrected chi connectivity index (χ4v) is 4.14. The van der Waals surface area contributed by atoms with Crippen LogP contribution in [-0.2, 0) is 0 Å². The predicted octanol–water partition coefficient (Wildman–Crippen LogP) is 3.46. The normalized spacial score (nSPS) is 25.4. The van der Waals surface area contributed by atoms with Gasteiger partial charge in [0.15, 0.2) is 0 Å². The minimum atomic E-state index is -0.304. The third-order valence-electron chi connectivity index (χ3n) is 4.26. The Kier molecular flexibility index (Phi) is 5.33. The maximum absolute atomic E-state index is 9.45. The van der Waals surface area contributed by atoms with Crippen LogP contribution in [0.4, 0.5) is 0 Å². The summed E-state index contributed by atoms with van der Waals surface area (Å²) in [4.78, 5) is 1.18. The maximum Gasteiger partial charge on any atom is 0.132 e. The third-order valence-corrected chi connectivity index (χ3v) is 5.35. The summed E-state index contributed by atoms with van der Waals surface area (Å²) in [5.41, 5.74) is -0.304. The zero-order chi connectivity index (χ0) is 14.4. The highest BCUT2D eigenvalue weighted by atomic mass is 32.2. The Bertz CT molecular complexity index is 486. The SMILES string of the molecule is CNC1(C#N)CCCC1CCSc1ccccc1OC. The average molecular weight is 290 g/mol. The van der Waals surface area contributed by atoms with Crippen LogP contribution >= 0.6 is 11.8 Å². The number of thioether (sulfide) groups is 1. The second-order valence-corrected chi connectivity index (χ2v) is 6.35. The van der Waals surface area contributed by atoms with E-state index in [4.69, 9.17) is 4.74 Å². The topological polar surface area (TPSA) is 45.0 Å². The van der Waals surface area contributed by atoms with E-state index in [2.05, 4.69) is 17.5 Å². The summed E-state index contributed by atoms with van der Waals surface area (Å²) < 4.78 is 5.37. The largest absolute Gasteiger partial charge is 0.496 e. The molecule has 0 aromatic heterocycles. The zero-order valence-corrected chi connectivity index (χ0v) is 13.0. The fraction of sp³-hybridized carbons (Fsp3) is 0.562. The van der Waals surface area contributed by atoms with Crippen LogP contribution in [0.15, 0.2) is 29.2 Å². The summed E-state index contributed by atoms with van der Waals surface area (Å²) in [6.45, 7) is 0. The standard InChI is InChI=1S/C16H22N2OS/c1-18-16(12-17)10-5-6-13(16)9-11-20-15-8-4-3-7-14(15)19-2/h3-4,7-8,13,18H,5-6,9-11H2,1-2H3. The van der Waals surface area contributed by atoms with Gasteiger partial charge < -0.3 is 10.1 Å². The molecule has 0 bridgehead atoms. The van der Waals surface area contributed by atoms with E-state index in [0.717, 1.165) is 37.2 Å². The number of nitrogens with one attached hydrogen (secondary N) is 1. The van der Waals surface area contributed by atoms with Crippen molar-refractivity contribution >= 4 is 11.8 Å². The van der Waals surface area contributed by atoms with Gasteiger partial charge in [0, 0.05) is 4.90 Å². The van der Waals surface area contributed by atoms with Crippen LogP contribution in [0.2, 0.25) is 0 Å². The lowest BCUT2D eigenvalue weighted by Gasteiger charge is -2.28. The van der Waals surface area contributed by atoms with E-state index >= 15 is 0 Å². The van der Waals surface area contributed by atoms with Crippen LogP contribution in [0.1, 0.15) is 25.7 Å². The Labute approximate surface area is 125 Å². The molecule has 1 fully saturated rings. The van der Waals surface area contributed by atoms with Gasteiger partial charge in [0.1, 0.15) is 11.3 Å². The zero-order valence-electron chi connectivity index (χ0n) is 12.2. The van der Waals surface area contributed by atoms with Crippen molar-refractivity contribution < 1.29 is 4.74 Å². The number of ether oxygens (including phenoxy) is 1. The first-order valence-electron chi connectivity index (χ1n) is 7.11. The summed E-state index contributed by atoms with van der Waals surface area (Å²) in [6, 6.07) is 10.6. The van der Waals surface area contributed by atoms with Gasteiger partial charge in [-0.15, -0.1) is 11.8 Å². The van der Waals surface area contributed by atoms with Crippen molar-refractivity contribution in [2.45, 2.75) is 36.1 Å². The highest BCUT2D eigenvalue weighted by Crippen LogP contribution is 2.39. The van der Waals surface area contributed by atoms with Crippen molar-refractivity contribution in [3.05, 3.63) is 24.3 Å². The van der Waals surface area contributed by atoms with Gasteiger partial charge in [0.2, 0.25) is 0 Å². The number of rotatable bonds is 6. The Morgan fingerprint density at radius 3 is 3.00 bits per heavy atom. The van der Waals surface area contributed by atoms with Gasteiger partial charge in [0.05, 0.1) is 13.2 Å². The lowest BCUT2D eigenvalue weighted by Crippen LogP contribution is -2.44. The maximum atomic E-state index is 9.45. The molecule has 0 spiro atoms. The molecule has 1 aliphatic rings. The van der Waals surface area contributed by atoms with E-state index in [-0.39, 0.29) is 5.54 Å². The van der Waals surface area contributed by atoms with E-state index in [9.17, 15) is 5.26 Å². The number of para-hydroxylation sites is 1. The van der Waals surface area contributed by atoms with E-state index in [1.165, 1.54) is 4.90 Å². The molecule has 1 N–H and O–H groups in total. The Balaban J connectivity index is 1.91. The van der Waals surface area contributed by atoms with Crippen LogP contribution in [0.3, 0.4) is 0 Å². The molecular formula is C16H22N2OS. The molecule has 1 aliphatic carbocycles. The van der Waals surface area contributed by atoms with Gasteiger partial charge in [-0.1, -0.05) is 18.6 Å². The van der Waals surface area contributed by atoms with Gasteiger partial charge in [-0.3, -0.25) is 0 Å². The van der Waals surface area contributed by atoms with Crippen molar-refractivity contribution in [1.29, 1.82) is 5.26 Å². The molecule has 0 saturated heterocycles. The molecule has 1 aromatic carbocycles. The summed E-state index contributed by atoms with van der Waals surface area (Å²) in [7, 11) is 3.62. The van der Waals surface area contributed by atoms with Crippen molar-refractivity contribution in [1.82, 2.24) is 5.32 Å². The molecule has 20 heavy (non-hydrogen) atoms. The molecule has 3 nitrogen and oxygen atoms in total. The summed E-state index contributed by atoms with van der Waals surface area (Å²) in [5, 5.41) is 12.7.